The van der Waals surface area contributed by atoms with Crippen LogP contribution >= 0.6 is 0 Å². The maximum atomic E-state index is 10.7. The van der Waals surface area contributed by atoms with Crippen LogP contribution in [0.2, 0.25) is 0 Å². The molecule has 0 saturated carbocycles. The van der Waals surface area contributed by atoms with Crippen LogP contribution in [0.5, 0.6) is 0 Å². The number of aryl methyl sites for hydroxylation is 6. The summed E-state index contributed by atoms with van der Waals surface area (Å²) in [6.45, 7) is 12.9. The number of hydrogen-bond donors (Lipinski definition) is 0. The van der Waals surface area contributed by atoms with E-state index in [1.54, 1.807) is 0 Å². The number of benzene rings is 6. The van der Waals surface area contributed by atoms with Gasteiger partial charge >= 0.3 is 315 Å². The summed E-state index contributed by atoms with van der Waals surface area (Å²) in [5.74, 6) is 0. The molecule has 0 aliphatic carbocycles. The molecule has 6 aromatic carbocycles. The molecule has 63 heavy (non-hydrogen) atoms. The van der Waals surface area contributed by atoms with Crippen molar-refractivity contribution in [2.24, 2.45) is 0 Å². The molecule has 6 aromatic rings. The van der Waals surface area contributed by atoms with E-state index >= 15 is 0 Å². The molecule has 0 aromatic heterocycles. The van der Waals surface area contributed by atoms with Crippen LogP contribution in [0.4, 0.5) is 26.3 Å². The molecule has 6 rings (SSSR count). The van der Waals surface area contributed by atoms with Crippen molar-refractivity contribution >= 4 is 101 Å². The molecule has 19 heteroatoms. The van der Waals surface area contributed by atoms with Gasteiger partial charge in [-0.2, -0.15) is 26.3 Å². The fourth-order valence-corrected chi connectivity index (χ4v) is 40.2. The smallest absolute Gasteiger partial charge is 0.485 e. The van der Waals surface area contributed by atoms with E-state index in [9.17, 15) is 26.3 Å². The topological polar surface area (TPSA) is 133 Å². The predicted molar refractivity (Wildman–Crippen MR) is 236 cm³/mol. The Labute approximate surface area is 384 Å². The van der Waals surface area contributed by atoms with Gasteiger partial charge in [-0.15, -0.1) is 0 Å². The summed E-state index contributed by atoms with van der Waals surface area (Å²) in [5, 5.41) is 0. The van der Waals surface area contributed by atoms with E-state index in [1.165, 1.54) is 55.0 Å². The molecule has 0 fully saturated rings. The zero-order valence-corrected chi connectivity index (χ0v) is 43.1. The Morgan fingerprint density at radius 2 is 0.540 bits per heavy atom. The Hall–Kier alpha value is -2.99. The maximum absolute atomic E-state index is 10.7. The minimum absolute atomic E-state index is 1.21. The van der Waals surface area contributed by atoms with E-state index in [0.717, 1.165) is 0 Å². The number of alkyl halides is 6. The fourth-order valence-electron chi connectivity index (χ4n) is 5.01. The Kier molecular flexibility index (Phi) is 18.4. The minimum atomic E-state index is -6.09. The van der Waals surface area contributed by atoms with Crippen LogP contribution in [0.25, 0.3) is 0 Å². The molecule has 0 spiro atoms. The number of rotatable bonds is 10. The van der Waals surface area contributed by atoms with Crippen molar-refractivity contribution in [1.29, 1.82) is 0 Å². The summed E-state index contributed by atoms with van der Waals surface area (Å²) >= 11 is -9.56. The molecule has 338 valence electrons. The van der Waals surface area contributed by atoms with Crippen LogP contribution in [0.1, 0.15) is 33.4 Å². The molecular formula is C44H42F6O8S2Te3. The second-order valence-corrected chi connectivity index (χ2v) is 36.6. The molecule has 0 radical (unpaired) electrons. The first-order valence-electron chi connectivity index (χ1n) is 18.4. The van der Waals surface area contributed by atoms with Gasteiger partial charge in [0.1, 0.15) is 0 Å². The standard InChI is InChI=1S/C42H42O2Te3.2CHF3O3S/c1-31-7-19-37(20-8-31)45(38-21-9-32(2)10-22-38)43-47(41-27-15-35(5)16-28-41,42-29-17-36(6)18-30-42)44-46(39-23-11-33(3)12-24-39)40-25-13-34(4)14-26-40;2*2-1(3,4)8(5,6)7/h7-30H,1-6H3;2*(H,5,6,7)/q+2;;/p-2. The van der Waals surface area contributed by atoms with Crippen LogP contribution in [0, 0.1) is 41.5 Å². The Morgan fingerprint density at radius 1 is 0.381 bits per heavy atom. The second kappa shape index (κ2) is 22.0. The Bertz CT molecular complexity index is 2350. The first-order valence-corrected chi connectivity index (χ1v) is 32.0. The van der Waals surface area contributed by atoms with Gasteiger partial charge < -0.3 is 9.11 Å². The van der Waals surface area contributed by atoms with Gasteiger partial charge in [-0.3, -0.25) is 0 Å². The second-order valence-electron chi connectivity index (χ2n) is 13.9. The monoisotopic (exact) mass is 1270 g/mol. The molecule has 0 aliphatic heterocycles. The molecule has 0 heterocycles. The summed E-state index contributed by atoms with van der Waals surface area (Å²) in [6.07, 6.45) is 0. The summed E-state index contributed by atoms with van der Waals surface area (Å²) in [4.78, 5) is 0. The van der Waals surface area contributed by atoms with Gasteiger partial charge in [-0.1, -0.05) is 0 Å². The van der Waals surface area contributed by atoms with Gasteiger partial charge in [0.05, 0.1) is 0 Å². The molecule has 0 N–H and O–H groups in total. The summed E-state index contributed by atoms with van der Waals surface area (Å²) in [6, 6.07) is 54.2. The minimum Gasteiger partial charge on any atom is -0.741 e. The molecular weight excluding hydrogens is 1220 g/mol. The zero-order chi connectivity index (χ0) is 47.0. The van der Waals surface area contributed by atoms with Crippen molar-refractivity contribution < 1.29 is 55.2 Å². The molecule has 0 unspecified atom stereocenters. The third kappa shape index (κ3) is 15.0. The summed E-state index contributed by atoms with van der Waals surface area (Å²) < 4.78 is 142. The first kappa shape index (κ1) is 52.6. The van der Waals surface area contributed by atoms with Crippen molar-refractivity contribution in [2.75, 3.05) is 0 Å². The van der Waals surface area contributed by atoms with E-state index in [4.69, 9.17) is 28.9 Å². The van der Waals surface area contributed by atoms with Crippen LogP contribution in [0.15, 0.2) is 146 Å². The largest absolute Gasteiger partial charge is 0.741 e. The predicted octanol–water partition coefficient (Wildman–Crippen LogP) is 5.84. The SMILES string of the molecule is Cc1ccc([Te+](O[Te](O[Te+](c2ccc(C)cc2)c2ccc(C)cc2)(c2ccc(C)cc2)c2ccc(C)cc2)c2ccc(C)cc2)cc1.O=S(=O)([O-])C(F)(F)F.O=S(=O)([O-])C(F)(F)F. The maximum Gasteiger partial charge on any atom is 0.485 e. The summed E-state index contributed by atoms with van der Waals surface area (Å²) in [5.41, 5.74) is -3.81. The fraction of sp³-hybridized carbons (Fsp3) is 0.182. The van der Waals surface area contributed by atoms with Crippen LogP contribution in [-0.2, 0) is 23.2 Å². The number of hydrogen-bond acceptors (Lipinski definition) is 8. The average molecular weight is 1260 g/mol. The zero-order valence-electron chi connectivity index (χ0n) is 34.4. The Morgan fingerprint density at radius 3 is 0.698 bits per heavy atom. The molecule has 8 nitrogen and oxygen atoms in total. The quantitative estimate of drug-likeness (QED) is 0.0724. The van der Waals surface area contributed by atoms with Gasteiger partial charge in [0.15, 0.2) is 20.2 Å². The van der Waals surface area contributed by atoms with Gasteiger partial charge in [0.2, 0.25) is 0 Å². The Balaban J connectivity index is 0.000000463. The number of halogens is 6. The molecule has 0 amide bonds. The van der Waals surface area contributed by atoms with Crippen LogP contribution < -0.4 is 21.7 Å². The van der Waals surface area contributed by atoms with Crippen molar-refractivity contribution in [3.8, 4) is 0 Å². The molecule has 0 saturated heterocycles. The average Bonchev–Trinajstić information content (AvgIpc) is 3.20. The third-order valence-electron chi connectivity index (χ3n) is 8.50. The van der Waals surface area contributed by atoms with E-state index in [1.807, 2.05) is 0 Å². The normalized spacial score (nSPS) is 12.6. The first-order chi connectivity index (χ1) is 29.2. The summed E-state index contributed by atoms with van der Waals surface area (Å²) in [7, 11) is -12.2. The third-order valence-corrected chi connectivity index (χ3v) is 37.1. The van der Waals surface area contributed by atoms with E-state index < -0.39 is 90.2 Å². The van der Waals surface area contributed by atoms with Gasteiger partial charge in [0, 0.05) is 0 Å². The van der Waals surface area contributed by atoms with Crippen molar-refractivity contribution in [2.45, 2.75) is 52.6 Å². The van der Waals surface area contributed by atoms with Gasteiger partial charge in [-0.25, -0.2) is 16.8 Å². The van der Waals surface area contributed by atoms with Crippen molar-refractivity contribution in [3.05, 3.63) is 179 Å². The molecule has 0 aliphatic rings. The molecule has 0 atom stereocenters. The van der Waals surface area contributed by atoms with Crippen molar-refractivity contribution in [3.63, 3.8) is 0 Å². The van der Waals surface area contributed by atoms with Crippen LogP contribution in [0.3, 0.4) is 0 Å². The van der Waals surface area contributed by atoms with E-state index in [-0.39, 0.29) is 0 Å². The molecule has 0 bridgehead atoms. The van der Waals surface area contributed by atoms with Gasteiger partial charge in [0.25, 0.3) is 0 Å². The van der Waals surface area contributed by atoms with Crippen LogP contribution in [-0.4, -0.2) is 95.9 Å². The van der Waals surface area contributed by atoms with Crippen molar-refractivity contribution in [1.82, 2.24) is 0 Å². The van der Waals surface area contributed by atoms with Gasteiger partial charge in [-0.05, 0) is 0 Å². The van der Waals surface area contributed by atoms with E-state index in [2.05, 4.69) is 187 Å². The van der Waals surface area contributed by atoms with E-state index in [0.29, 0.717) is 0 Å².